The molecule has 0 amide bonds. The topological polar surface area (TPSA) is 97.1 Å². The normalized spacial score (nSPS) is 11.2. The molecule has 0 saturated carbocycles. The molecule has 0 saturated heterocycles. The Morgan fingerprint density at radius 2 is 1.33 bits per heavy atom. The molecule has 156 valence electrons. The first-order valence-corrected chi connectivity index (χ1v) is 11.1. The van der Waals surface area contributed by atoms with Crippen LogP contribution in [0.2, 0.25) is 0 Å². The van der Waals surface area contributed by atoms with Gasteiger partial charge < -0.3 is 11.1 Å². The van der Waals surface area contributed by atoms with Crippen LogP contribution in [0.25, 0.3) is 21.8 Å². The molecule has 4 N–H and O–H groups in total. The first-order chi connectivity index (χ1) is 14.1. The highest BCUT2D eigenvalue weighted by molar-refractivity contribution is 7.92. The van der Waals surface area contributed by atoms with Gasteiger partial charge in [0, 0.05) is 22.1 Å². The molecule has 0 aliphatic heterocycles. The van der Waals surface area contributed by atoms with Crippen LogP contribution in [-0.4, -0.2) is 25.7 Å². The lowest BCUT2D eigenvalue weighted by molar-refractivity contribution is 0.599. The van der Waals surface area contributed by atoms with E-state index < -0.39 is 10.0 Å². The number of sulfonamides is 1. The molecule has 0 bridgehead atoms. The number of pyridine rings is 1. The van der Waals surface area contributed by atoms with Crippen molar-refractivity contribution in [2.24, 2.45) is 5.73 Å². The maximum Gasteiger partial charge on any atom is 0.232 e. The Balaban J connectivity index is 0.00000256. The standard InChI is InChI=1S/C22H22N4O2S.ClH/c23-14-5-15-29(27,28)26-17-12-10-16(11-13-17)24-22-18-6-1-3-8-20(18)25-21-9-4-2-7-19(21)22;/h1-4,6-13,26H,5,14-15,23H2,(H,24,25);1H. The number of nitrogens with one attached hydrogen (secondary N) is 2. The summed E-state index contributed by atoms with van der Waals surface area (Å²) in [4.78, 5) is 4.73. The highest BCUT2D eigenvalue weighted by atomic mass is 35.5. The van der Waals surface area contributed by atoms with Crippen LogP contribution >= 0.6 is 12.4 Å². The van der Waals surface area contributed by atoms with Crippen molar-refractivity contribution in [1.29, 1.82) is 0 Å². The fourth-order valence-electron chi connectivity index (χ4n) is 3.24. The van der Waals surface area contributed by atoms with E-state index in [-0.39, 0.29) is 18.2 Å². The molecule has 0 spiro atoms. The molecule has 4 aromatic rings. The van der Waals surface area contributed by atoms with Crippen molar-refractivity contribution in [2.45, 2.75) is 6.42 Å². The smallest absolute Gasteiger partial charge is 0.232 e. The lowest BCUT2D eigenvalue weighted by atomic mass is 10.1. The summed E-state index contributed by atoms with van der Waals surface area (Å²) in [5.41, 5.74) is 9.58. The van der Waals surface area contributed by atoms with Crippen LogP contribution in [-0.2, 0) is 10.0 Å². The van der Waals surface area contributed by atoms with E-state index in [9.17, 15) is 8.42 Å². The Labute approximate surface area is 182 Å². The van der Waals surface area contributed by atoms with Gasteiger partial charge in [0.05, 0.1) is 22.5 Å². The molecule has 0 fully saturated rings. The Morgan fingerprint density at radius 1 is 0.800 bits per heavy atom. The molecular formula is C22H23ClN4O2S. The maximum absolute atomic E-state index is 12.0. The maximum atomic E-state index is 12.0. The third kappa shape index (κ3) is 4.81. The summed E-state index contributed by atoms with van der Waals surface area (Å²) in [5, 5.41) is 5.53. The van der Waals surface area contributed by atoms with Crippen molar-refractivity contribution in [2.75, 3.05) is 22.3 Å². The minimum absolute atomic E-state index is 0. The number of halogens is 1. The number of benzene rings is 3. The van der Waals surface area contributed by atoms with Gasteiger partial charge in [-0.25, -0.2) is 13.4 Å². The second-order valence-electron chi connectivity index (χ2n) is 6.79. The monoisotopic (exact) mass is 442 g/mol. The number of hydrogen-bond acceptors (Lipinski definition) is 5. The molecule has 30 heavy (non-hydrogen) atoms. The fourth-order valence-corrected chi connectivity index (χ4v) is 4.39. The lowest BCUT2D eigenvalue weighted by Gasteiger charge is -2.14. The second kappa shape index (κ2) is 9.30. The number of para-hydroxylation sites is 2. The van der Waals surface area contributed by atoms with Crippen LogP contribution in [0.3, 0.4) is 0 Å². The minimum atomic E-state index is -3.38. The van der Waals surface area contributed by atoms with E-state index in [2.05, 4.69) is 10.0 Å². The molecule has 4 rings (SSSR count). The van der Waals surface area contributed by atoms with Crippen molar-refractivity contribution < 1.29 is 8.42 Å². The van der Waals surface area contributed by atoms with Gasteiger partial charge in [0.15, 0.2) is 0 Å². The van der Waals surface area contributed by atoms with Gasteiger partial charge in [0.25, 0.3) is 0 Å². The molecule has 6 nitrogen and oxygen atoms in total. The van der Waals surface area contributed by atoms with Crippen molar-refractivity contribution >= 4 is 61.3 Å². The van der Waals surface area contributed by atoms with Gasteiger partial charge in [0.1, 0.15) is 0 Å². The van der Waals surface area contributed by atoms with Crippen LogP contribution in [0, 0.1) is 0 Å². The predicted molar refractivity (Wildman–Crippen MR) is 127 cm³/mol. The van der Waals surface area contributed by atoms with Crippen LogP contribution in [0.5, 0.6) is 0 Å². The first-order valence-electron chi connectivity index (χ1n) is 9.41. The molecule has 0 aliphatic rings. The molecule has 0 aliphatic carbocycles. The highest BCUT2D eigenvalue weighted by Gasteiger charge is 2.11. The summed E-state index contributed by atoms with van der Waals surface area (Å²) >= 11 is 0. The van der Waals surface area contributed by atoms with Crippen molar-refractivity contribution in [1.82, 2.24) is 4.98 Å². The largest absolute Gasteiger partial charge is 0.354 e. The van der Waals surface area contributed by atoms with Gasteiger partial charge in [-0.05, 0) is 49.4 Å². The first kappa shape index (κ1) is 21.8. The zero-order valence-corrected chi connectivity index (χ0v) is 17.8. The number of hydrogen-bond donors (Lipinski definition) is 3. The number of anilines is 3. The van der Waals surface area contributed by atoms with Gasteiger partial charge in [-0.1, -0.05) is 36.4 Å². The van der Waals surface area contributed by atoms with Crippen LogP contribution in [0.4, 0.5) is 17.1 Å². The molecule has 0 unspecified atom stereocenters. The van der Waals surface area contributed by atoms with Crippen LogP contribution in [0.1, 0.15) is 6.42 Å². The summed E-state index contributed by atoms with van der Waals surface area (Å²) in [7, 11) is -3.38. The Bertz CT molecular complexity index is 1210. The Morgan fingerprint density at radius 3 is 1.90 bits per heavy atom. The van der Waals surface area contributed by atoms with E-state index >= 15 is 0 Å². The molecule has 0 radical (unpaired) electrons. The number of nitrogens with zero attached hydrogens (tertiary/aromatic N) is 1. The Hall–Kier alpha value is -2.87. The van der Waals surface area contributed by atoms with Crippen LogP contribution < -0.4 is 15.8 Å². The van der Waals surface area contributed by atoms with Crippen molar-refractivity contribution in [3.63, 3.8) is 0 Å². The summed E-state index contributed by atoms with van der Waals surface area (Å²) in [5.74, 6) is 0.0124. The van der Waals surface area contributed by atoms with Gasteiger partial charge in [-0.3, -0.25) is 4.72 Å². The van der Waals surface area contributed by atoms with E-state index in [1.807, 2.05) is 60.7 Å². The fraction of sp³-hybridized carbons (Fsp3) is 0.136. The zero-order valence-electron chi connectivity index (χ0n) is 16.2. The summed E-state index contributed by atoms with van der Waals surface area (Å²) in [6, 6.07) is 23.2. The number of nitrogens with two attached hydrogens (primary N) is 1. The molecular weight excluding hydrogens is 420 g/mol. The number of rotatable bonds is 7. The summed E-state index contributed by atoms with van der Waals surface area (Å²) in [6.45, 7) is 0.345. The average molecular weight is 443 g/mol. The van der Waals surface area contributed by atoms with Gasteiger partial charge in [-0.2, -0.15) is 0 Å². The van der Waals surface area contributed by atoms with Gasteiger partial charge in [0.2, 0.25) is 10.0 Å². The third-order valence-electron chi connectivity index (χ3n) is 4.63. The highest BCUT2D eigenvalue weighted by Crippen LogP contribution is 2.33. The third-order valence-corrected chi connectivity index (χ3v) is 6.01. The summed E-state index contributed by atoms with van der Waals surface area (Å²) < 4.78 is 26.7. The zero-order chi connectivity index (χ0) is 20.3. The molecule has 1 heterocycles. The number of fused-ring (bicyclic) bond motifs is 2. The number of aromatic nitrogens is 1. The second-order valence-corrected chi connectivity index (χ2v) is 8.63. The van der Waals surface area contributed by atoms with E-state index in [0.29, 0.717) is 18.7 Å². The summed E-state index contributed by atoms with van der Waals surface area (Å²) in [6.07, 6.45) is 0.428. The molecule has 1 aromatic heterocycles. The molecule has 8 heteroatoms. The quantitative estimate of drug-likeness (QED) is 0.362. The molecule has 0 atom stereocenters. The van der Waals surface area contributed by atoms with E-state index in [1.54, 1.807) is 12.1 Å². The van der Waals surface area contributed by atoms with Crippen molar-refractivity contribution in [3.8, 4) is 0 Å². The molecule has 3 aromatic carbocycles. The Kier molecular flexibility index (Phi) is 6.77. The lowest BCUT2D eigenvalue weighted by Crippen LogP contribution is -2.18. The van der Waals surface area contributed by atoms with Gasteiger partial charge in [-0.15, -0.1) is 12.4 Å². The average Bonchev–Trinajstić information content (AvgIpc) is 2.73. The van der Waals surface area contributed by atoms with E-state index in [0.717, 1.165) is 33.2 Å². The predicted octanol–water partition coefficient (Wildman–Crippen LogP) is 4.64. The van der Waals surface area contributed by atoms with E-state index in [4.69, 9.17) is 10.7 Å². The van der Waals surface area contributed by atoms with E-state index in [1.165, 1.54) is 0 Å². The van der Waals surface area contributed by atoms with Gasteiger partial charge >= 0.3 is 0 Å². The van der Waals surface area contributed by atoms with Crippen LogP contribution in [0.15, 0.2) is 72.8 Å². The SMILES string of the molecule is Cl.NCCCS(=O)(=O)Nc1ccc(Nc2c3ccccc3nc3ccccc23)cc1. The van der Waals surface area contributed by atoms with Crippen molar-refractivity contribution in [3.05, 3.63) is 72.8 Å². The minimum Gasteiger partial charge on any atom is -0.354 e.